The summed E-state index contributed by atoms with van der Waals surface area (Å²) in [5.41, 5.74) is 0.695. The predicted molar refractivity (Wildman–Crippen MR) is 67.0 cm³/mol. The van der Waals surface area contributed by atoms with E-state index in [1.54, 1.807) is 6.20 Å². The number of hydrogen-bond donors (Lipinski definition) is 0. The van der Waals surface area contributed by atoms with Crippen LogP contribution >= 0.6 is 0 Å². The monoisotopic (exact) mass is 269 g/mol. The molecular weight excluding hydrogens is 255 g/mol. The van der Waals surface area contributed by atoms with Crippen LogP contribution in [0.1, 0.15) is 25.0 Å². The van der Waals surface area contributed by atoms with E-state index in [1.807, 2.05) is 11.5 Å². The Morgan fingerprint density at radius 1 is 1.32 bits per heavy atom. The average Bonchev–Trinajstić information content (AvgIpc) is 2.65. The number of Topliss-reactive ketones (excluding diaryl/α,β-unsaturated/α-hetero) is 1. The van der Waals surface area contributed by atoms with E-state index >= 15 is 0 Å². The van der Waals surface area contributed by atoms with E-state index in [4.69, 9.17) is 0 Å². The number of fused-ring (bicyclic) bond motifs is 1. The second-order valence-corrected chi connectivity index (χ2v) is 4.55. The van der Waals surface area contributed by atoms with Crippen LogP contribution in [0.4, 0.5) is 13.2 Å². The molecule has 0 aliphatic carbocycles. The van der Waals surface area contributed by atoms with Gasteiger partial charge in [0.25, 0.3) is 0 Å². The third kappa shape index (κ3) is 2.64. The molecule has 2 aromatic rings. The van der Waals surface area contributed by atoms with Crippen LogP contribution in [0.3, 0.4) is 0 Å². The Bertz CT molecular complexity index is 625. The summed E-state index contributed by atoms with van der Waals surface area (Å²) in [6, 6.07) is 3.66. The molecule has 0 aliphatic rings. The minimum absolute atomic E-state index is 0.0624. The average molecular weight is 269 g/mol. The van der Waals surface area contributed by atoms with E-state index in [9.17, 15) is 18.0 Å². The molecule has 0 amide bonds. The molecule has 0 N–H and O–H groups in total. The molecule has 1 heterocycles. The Morgan fingerprint density at radius 3 is 2.53 bits per heavy atom. The molecule has 1 aromatic heterocycles. The van der Waals surface area contributed by atoms with E-state index in [0.29, 0.717) is 17.5 Å². The van der Waals surface area contributed by atoms with Crippen LogP contribution < -0.4 is 0 Å². The number of benzene rings is 1. The fraction of sp³-hybridized carbons (Fsp3) is 0.357. The highest BCUT2D eigenvalue weighted by molar-refractivity contribution is 5.89. The largest absolute Gasteiger partial charge is 0.416 e. The van der Waals surface area contributed by atoms with Gasteiger partial charge in [-0.25, -0.2) is 0 Å². The molecule has 0 bridgehead atoms. The summed E-state index contributed by atoms with van der Waals surface area (Å²) in [4.78, 5) is 11.2. The number of nitrogens with zero attached hydrogens (tertiary/aromatic N) is 1. The maximum atomic E-state index is 12.7. The maximum Gasteiger partial charge on any atom is 0.416 e. The van der Waals surface area contributed by atoms with Crippen LogP contribution in [0.5, 0.6) is 0 Å². The zero-order valence-electron chi connectivity index (χ0n) is 10.7. The van der Waals surface area contributed by atoms with Crippen molar-refractivity contribution in [3.63, 3.8) is 0 Å². The minimum Gasteiger partial charge on any atom is -0.347 e. The Hall–Kier alpha value is -1.78. The summed E-state index contributed by atoms with van der Waals surface area (Å²) in [5.74, 6) is -0.0624. The number of rotatable bonds is 3. The van der Waals surface area contributed by atoms with Gasteiger partial charge < -0.3 is 4.57 Å². The molecule has 0 fully saturated rings. The maximum absolute atomic E-state index is 12.7. The van der Waals surface area contributed by atoms with Gasteiger partial charge >= 0.3 is 6.18 Å². The summed E-state index contributed by atoms with van der Waals surface area (Å²) in [5, 5.41) is 0.506. The summed E-state index contributed by atoms with van der Waals surface area (Å²) in [7, 11) is 0. The number of ketones is 1. The van der Waals surface area contributed by atoms with Crippen molar-refractivity contribution in [3.05, 3.63) is 35.5 Å². The van der Waals surface area contributed by atoms with E-state index in [1.165, 1.54) is 13.0 Å². The zero-order chi connectivity index (χ0) is 14.2. The molecule has 1 aromatic carbocycles. The second-order valence-electron chi connectivity index (χ2n) is 4.55. The van der Waals surface area contributed by atoms with Gasteiger partial charge in [-0.05, 0) is 37.6 Å². The lowest BCUT2D eigenvalue weighted by molar-refractivity contribution is -0.137. The third-order valence-electron chi connectivity index (χ3n) is 3.07. The van der Waals surface area contributed by atoms with Crippen LogP contribution in [-0.4, -0.2) is 10.4 Å². The molecule has 0 saturated carbocycles. The fourth-order valence-corrected chi connectivity index (χ4v) is 2.22. The van der Waals surface area contributed by atoms with Gasteiger partial charge in [-0.1, -0.05) is 0 Å². The van der Waals surface area contributed by atoms with E-state index in [-0.39, 0.29) is 12.2 Å². The quantitative estimate of drug-likeness (QED) is 0.830. The summed E-state index contributed by atoms with van der Waals surface area (Å²) < 4.78 is 40.0. The number of halogens is 3. The van der Waals surface area contributed by atoms with Crippen LogP contribution in [0.2, 0.25) is 0 Å². The van der Waals surface area contributed by atoms with Gasteiger partial charge in [0.05, 0.1) is 5.56 Å². The molecule has 0 saturated heterocycles. The molecule has 0 radical (unpaired) electrons. The van der Waals surface area contributed by atoms with Crippen LogP contribution in [0.25, 0.3) is 10.9 Å². The zero-order valence-corrected chi connectivity index (χ0v) is 10.7. The summed E-state index contributed by atoms with van der Waals surface area (Å²) in [6.07, 6.45) is -2.45. The standard InChI is InChI=1S/C14H14F3NO/c1-3-18-8-10(6-9(2)19)12-7-11(14(15,16)17)4-5-13(12)18/h4-5,7-8H,3,6H2,1-2H3. The van der Waals surface area contributed by atoms with Crippen LogP contribution in [0, 0.1) is 0 Å². The lowest BCUT2D eigenvalue weighted by Crippen LogP contribution is -2.04. The molecule has 2 nitrogen and oxygen atoms in total. The third-order valence-corrected chi connectivity index (χ3v) is 3.07. The Morgan fingerprint density at radius 2 is 2.00 bits per heavy atom. The smallest absolute Gasteiger partial charge is 0.347 e. The number of alkyl halides is 3. The molecule has 0 unspecified atom stereocenters. The number of aryl methyl sites for hydroxylation is 1. The molecule has 0 spiro atoms. The predicted octanol–water partition coefficient (Wildman–Crippen LogP) is 3.81. The molecule has 0 atom stereocenters. The Labute approximate surface area is 108 Å². The van der Waals surface area contributed by atoms with Gasteiger partial charge in [-0.15, -0.1) is 0 Å². The first-order valence-electron chi connectivity index (χ1n) is 6.01. The first-order chi connectivity index (χ1) is 8.82. The van der Waals surface area contributed by atoms with Gasteiger partial charge in [0.2, 0.25) is 0 Å². The lowest BCUT2D eigenvalue weighted by Gasteiger charge is -2.07. The second kappa shape index (κ2) is 4.72. The van der Waals surface area contributed by atoms with Crippen molar-refractivity contribution in [1.82, 2.24) is 4.57 Å². The SMILES string of the molecule is CCn1cc(CC(C)=O)c2cc(C(F)(F)F)ccc21. The number of carbonyl (C=O) groups is 1. The topological polar surface area (TPSA) is 22.0 Å². The van der Waals surface area contributed by atoms with E-state index in [0.717, 1.165) is 17.6 Å². The highest BCUT2D eigenvalue weighted by Crippen LogP contribution is 2.33. The van der Waals surface area contributed by atoms with Gasteiger partial charge in [-0.2, -0.15) is 13.2 Å². The summed E-state index contributed by atoms with van der Waals surface area (Å²) in [6.45, 7) is 4.00. The molecule has 5 heteroatoms. The van der Waals surface area contributed by atoms with Gasteiger partial charge in [0.15, 0.2) is 0 Å². The molecule has 2 rings (SSSR count). The normalized spacial score (nSPS) is 12.1. The number of hydrogen-bond acceptors (Lipinski definition) is 1. The highest BCUT2D eigenvalue weighted by atomic mass is 19.4. The van der Waals surface area contributed by atoms with Crippen molar-refractivity contribution < 1.29 is 18.0 Å². The first kappa shape index (κ1) is 13.6. The van der Waals surface area contributed by atoms with Crippen molar-refractivity contribution >= 4 is 16.7 Å². The lowest BCUT2D eigenvalue weighted by atomic mass is 10.1. The van der Waals surface area contributed by atoms with Crippen molar-refractivity contribution in [2.24, 2.45) is 0 Å². The van der Waals surface area contributed by atoms with E-state index in [2.05, 4.69) is 0 Å². The van der Waals surface area contributed by atoms with Crippen molar-refractivity contribution in [2.75, 3.05) is 0 Å². The van der Waals surface area contributed by atoms with Crippen molar-refractivity contribution in [3.8, 4) is 0 Å². The highest BCUT2D eigenvalue weighted by Gasteiger charge is 2.31. The molecular formula is C14H14F3NO. The van der Waals surface area contributed by atoms with Gasteiger partial charge in [0, 0.05) is 30.1 Å². The van der Waals surface area contributed by atoms with Crippen LogP contribution in [-0.2, 0) is 23.9 Å². The Kier molecular flexibility index (Phi) is 3.39. The number of carbonyl (C=O) groups excluding carboxylic acids is 1. The van der Waals surface area contributed by atoms with E-state index < -0.39 is 11.7 Å². The Balaban J connectivity index is 2.64. The van der Waals surface area contributed by atoms with Gasteiger partial charge in [-0.3, -0.25) is 4.79 Å². The van der Waals surface area contributed by atoms with Crippen molar-refractivity contribution in [1.29, 1.82) is 0 Å². The summed E-state index contributed by atoms with van der Waals surface area (Å²) >= 11 is 0. The molecule has 0 aliphatic heterocycles. The minimum atomic E-state index is -4.37. The van der Waals surface area contributed by atoms with Gasteiger partial charge in [0.1, 0.15) is 5.78 Å². The molecule has 19 heavy (non-hydrogen) atoms. The van der Waals surface area contributed by atoms with Crippen molar-refractivity contribution in [2.45, 2.75) is 33.0 Å². The first-order valence-corrected chi connectivity index (χ1v) is 6.01. The number of aromatic nitrogens is 1. The van der Waals surface area contributed by atoms with Crippen LogP contribution in [0.15, 0.2) is 24.4 Å². The molecule has 102 valence electrons. The fourth-order valence-electron chi connectivity index (χ4n) is 2.22.